The summed E-state index contributed by atoms with van der Waals surface area (Å²) < 4.78 is 0. The summed E-state index contributed by atoms with van der Waals surface area (Å²) in [5.41, 5.74) is 15.2. The van der Waals surface area contributed by atoms with Gasteiger partial charge < -0.3 is 9.80 Å². The first-order chi connectivity index (χ1) is 25.1. The van der Waals surface area contributed by atoms with Crippen LogP contribution in [-0.2, 0) is 5.41 Å². The first kappa shape index (κ1) is 32.4. The van der Waals surface area contributed by atoms with E-state index in [1.807, 2.05) is 0 Å². The molecule has 250 valence electrons. The molecular weight excluding hydrogens is 617 g/mol. The number of benzene rings is 7. The highest BCUT2D eigenvalue weighted by Crippen LogP contribution is 2.57. The minimum atomic E-state index is -0.0350. The van der Waals surface area contributed by atoms with Gasteiger partial charge in [-0.05, 0) is 113 Å². The number of hydrogen-bond donors (Lipinski definition) is 0. The summed E-state index contributed by atoms with van der Waals surface area (Å²) in [5, 5.41) is 0. The largest absolute Gasteiger partial charge is 0.311 e. The normalized spacial score (nSPS) is 13.2. The van der Waals surface area contributed by atoms with E-state index in [0.29, 0.717) is 0 Å². The zero-order valence-electron chi connectivity index (χ0n) is 29.7. The molecule has 7 aromatic rings. The van der Waals surface area contributed by atoms with Gasteiger partial charge in [-0.2, -0.15) is 0 Å². The van der Waals surface area contributed by atoms with Crippen LogP contribution in [0.3, 0.4) is 0 Å². The number of anilines is 6. The highest BCUT2D eigenvalue weighted by atomic mass is 15.1. The van der Waals surface area contributed by atoms with Crippen molar-refractivity contribution in [2.75, 3.05) is 9.80 Å². The number of fused-ring (bicyclic) bond motifs is 3. The molecule has 1 atom stereocenters. The number of hydrogen-bond acceptors (Lipinski definition) is 2. The third kappa shape index (κ3) is 5.71. The van der Waals surface area contributed by atoms with E-state index in [4.69, 9.17) is 0 Å². The summed E-state index contributed by atoms with van der Waals surface area (Å²) >= 11 is 0. The fraction of sp³-hybridized carbons (Fsp3) is 0.143. The van der Waals surface area contributed by atoms with Crippen molar-refractivity contribution in [1.29, 1.82) is 0 Å². The van der Waals surface area contributed by atoms with Crippen LogP contribution in [-0.4, -0.2) is 0 Å². The molecule has 0 amide bonds. The van der Waals surface area contributed by atoms with Gasteiger partial charge >= 0.3 is 0 Å². The van der Waals surface area contributed by atoms with Gasteiger partial charge in [0, 0.05) is 39.8 Å². The molecule has 0 heterocycles. The van der Waals surface area contributed by atoms with Crippen molar-refractivity contribution >= 4 is 34.1 Å². The third-order valence-electron chi connectivity index (χ3n) is 11.0. The van der Waals surface area contributed by atoms with Crippen LogP contribution in [0.25, 0.3) is 11.1 Å². The summed E-state index contributed by atoms with van der Waals surface area (Å²) in [7, 11) is 0. The van der Waals surface area contributed by atoms with Crippen molar-refractivity contribution in [1.82, 2.24) is 0 Å². The zero-order chi connectivity index (χ0) is 34.8. The maximum absolute atomic E-state index is 2.47. The minimum absolute atomic E-state index is 0.0350. The van der Waals surface area contributed by atoms with Crippen molar-refractivity contribution in [3.05, 3.63) is 204 Å². The Balaban J connectivity index is 1.14. The van der Waals surface area contributed by atoms with Gasteiger partial charge in [-0.15, -0.1) is 0 Å². The Hall–Kier alpha value is -5.86. The van der Waals surface area contributed by atoms with Crippen LogP contribution in [0.1, 0.15) is 61.8 Å². The fourth-order valence-electron chi connectivity index (χ4n) is 8.33. The molecule has 0 radical (unpaired) electrons. The fourth-order valence-corrected chi connectivity index (χ4v) is 8.33. The third-order valence-corrected chi connectivity index (χ3v) is 11.0. The van der Waals surface area contributed by atoms with E-state index in [-0.39, 0.29) is 11.3 Å². The number of para-hydroxylation sites is 3. The van der Waals surface area contributed by atoms with Crippen molar-refractivity contribution in [3.8, 4) is 11.1 Å². The van der Waals surface area contributed by atoms with E-state index in [2.05, 4.69) is 213 Å². The van der Waals surface area contributed by atoms with Gasteiger partial charge in [0.2, 0.25) is 0 Å². The molecule has 2 nitrogen and oxygen atoms in total. The van der Waals surface area contributed by atoms with E-state index in [9.17, 15) is 0 Å². The molecule has 1 unspecified atom stereocenters. The van der Waals surface area contributed by atoms with Gasteiger partial charge in [0.25, 0.3) is 0 Å². The first-order valence-electron chi connectivity index (χ1n) is 18.3. The molecule has 0 N–H and O–H groups in total. The molecule has 0 aromatic heterocycles. The van der Waals surface area contributed by atoms with Crippen molar-refractivity contribution in [2.24, 2.45) is 0 Å². The maximum Gasteiger partial charge on any atom is 0.0508 e. The molecule has 0 fully saturated rings. The quantitative estimate of drug-likeness (QED) is 0.144. The second kappa shape index (κ2) is 13.8. The second-order valence-electron chi connectivity index (χ2n) is 13.6. The highest BCUT2D eigenvalue weighted by molar-refractivity contribution is 5.90. The standard InChI is InChI=1S/C49H44N2/c1-4-49(5-2)46-26-16-15-24-44(46)45-25-17-27-47(48(45)49)51(41-22-13-8-14-23-41)43-34-30-38(31-35-43)36(3)37-28-32-42(33-29-37)50(39-18-9-6-10-19-39)40-20-11-7-12-21-40/h6-36H,4-5H2,1-3H3. The topological polar surface area (TPSA) is 6.48 Å². The Morgan fingerprint density at radius 3 is 1.33 bits per heavy atom. The van der Waals surface area contributed by atoms with Gasteiger partial charge in [-0.25, -0.2) is 0 Å². The first-order valence-corrected chi connectivity index (χ1v) is 18.3. The van der Waals surface area contributed by atoms with E-state index in [1.165, 1.54) is 50.4 Å². The monoisotopic (exact) mass is 660 g/mol. The average molecular weight is 661 g/mol. The van der Waals surface area contributed by atoms with E-state index < -0.39 is 0 Å². The Labute approximate surface area is 303 Å². The maximum atomic E-state index is 2.47. The number of rotatable bonds is 10. The van der Waals surface area contributed by atoms with Gasteiger partial charge in [0.1, 0.15) is 0 Å². The predicted molar refractivity (Wildman–Crippen MR) is 217 cm³/mol. The van der Waals surface area contributed by atoms with Crippen LogP contribution in [0.15, 0.2) is 182 Å². The zero-order valence-corrected chi connectivity index (χ0v) is 29.7. The molecule has 2 heteroatoms. The molecule has 0 bridgehead atoms. The number of nitrogens with zero attached hydrogens (tertiary/aromatic N) is 2. The molecule has 0 aliphatic heterocycles. The van der Waals surface area contributed by atoms with Crippen LogP contribution in [0, 0.1) is 0 Å². The molecule has 1 aliphatic rings. The van der Waals surface area contributed by atoms with Crippen molar-refractivity contribution in [2.45, 2.75) is 44.9 Å². The molecule has 0 saturated carbocycles. The van der Waals surface area contributed by atoms with E-state index in [0.717, 1.165) is 29.9 Å². The highest BCUT2D eigenvalue weighted by Gasteiger charge is 2.43. The van der Waals surface area contributed by atoms with Crippen LogP contribution in [0.4, 0.5) is 34.1 Å². The molecule has 0 saturated heterocycles. The second-order valence-corrected chi connectivity index (χ2v) is 13.6. The Morgan fingerprint density at radius 2 is 0.824 bits per heavy atom. The van der Waals surface area contributed by atoms with Crippen LogP contribution < -0.4 is 9.80 Å². The summed E-state index contributed by atoms with van der Waals surface area (Å²) in [5.74, 6) is 0.239. The average Bonchev–Trinajstić information content (AvgIpc) is 3.50. The summed E-state index contributed by atoms with van der Waals surface area (Å²) in [6.07, 6.45) is 2.10. The van der Waals surface area contributed by atoms with Gasteiger partial charge in [0.15, 0.2) is 0 Å². The summed E-state index contributed by atoms with van der Waals surface area (Å²) in [6, 6.07) is 66.2. The van der Waals surface area contributed by atoms with Crippen LogP contribution in [0.5, 0.6) is 0 Å². The smallest absolute Gasteiger partial charge is 0.0508 e. The Bertz CT molecular complexity index is 2180. The molecular formula is C49H44N2. The molecule has 0 spiro atoms. The summed E-state index contributed by atoms with van der Waals surface area (Å²) in [4.78, 5) is 4.78. The van der Waals surface area contributed by atoms with Crippen molar-refractivity contribution < 1.29 is 0 Å². The lowest BCUT2D eigenvalue weighted by Gasteiger charge is -2.35. The van der Waals surface area contributed by atoms with Crippen LogP contribution in [0.2, 0.25) is 0 Å². The summed E-state index contributed by atoms with van der Waals surface area (Å²) in [6.45, 7) is 7.01. The van der Waals surface area contributed by atoms with Crippen molar-refractivity contribution in [3.63, 3.8) is 0 Å². The Morgan fingerprint density at radius 1 is 0.412 bits per heavy atom. The molecule has 51 heavy (non-hydrogen) atoms. The lowest BCUT2D eigenvalue weighted by atomic mass is 9.73. The van der Waals surface area contributed by atoms with E-state index in [1.54, 1.807) is 0 Å². The predicted octanol–water partition coefficient (Wildman–Crippen LogP) is 13.9. The molecule has 8 rings (SSSR count). The Kier molecular flexibility index (Phi) is 8.76. The van der Waals surface area contributed by atoms with Gasteiger partial charge in [-0.3, -0.25) is 0 Å². The van der Waals surface area contributed by atoms with Gasteiger partial charge in [0.05, 0.1) is 5.69 Å². The SMILES string of the molecule is CCC1(CC)c2ccccc2-c2cccc(N(c3ccccc3)c3ccc(C(C)c4ccc(N(c5ccccc5)c5ccccc5)cc4)cc3)c21. The van der Waals surface area contributed by atoms with Crippen LogP contribution >= 0.6 is 0 Å². The molecule has 7 aromatic carbocycles. The molecule has 1 aliphatic carbocycles. The minimum Gasteiger partial charge on any atom is -0.311 e. The lowest BCUT2D eigenvalue weighted by Crippen LogP contribution is -2.26. The van der Waals surface area contributed by atoms with E-state index >= 15 is 0 Å². The lowest BCUT2D eigenvalue weighted by molar-refractivity contribution is 0.491. The van der Waals surface area contributed by atoms with Gasteiger partial charge in [-0.1, -0.05) is 136 Å².